The van der Waals surface area contributed by atoms with Crippen LogP contribution in [0, 0.1) is 0 Å². The summed E-state index contributed by atoms with van der Waals surface area (Å²) in [5.74, 6) is -1.10. The number of carboxylic acids is 1. The van der Waals surface area contributed by atoms with Crippen LogP contribution in [-0.4, -0.2) is 20.9 Å². The molecule has 3 N–H and O–H groups in total. The van der Waals surface area contributed by atoms with Crippen LogP contribution >= 0.6 is 0 Å². The second kappa shape index (κ2) is 4.69. The van der Waals surface area contributed by atoms with E-state index in [0.29, 0.717) is 6.54 Å². The molecule has 0 aliphatic heterocycles. The molecule has 88 valence electrons. The molecular formula is C12H13N3O2. The molecule has 0 aliphatic carbocycles. The van der Waals surface area contributed by atoms with Gasteiger partial charge in [-0.15, -0.1) is 0 Å². The van der Waals surface area contributed by atoms with Gasteiger partial charge >= 0.3 is 5.97 Å². The van der Waals surface area contributed by atoms with E-state index in [2.05, 4.69) is 5.10 Å². The van der Waals surface area contributed by atoms with Gasteiger partial charge in [0.15, 0.2) is 5.69 Å². The number of benzene rings is 1. The van der Waals surface area contributed by atoms with Crippen molar-refractivity contribution in [2.45, 2.75) is 13.0 Å². The van der Waals surface area contributed by atoms with E-state index in [1.54, 1.807) is 10.9 Å². The van der Waals surface area contributed by atoms with E-state index in [4.69, 9.17) is 10.8 Å². The molecule has 0 saturated heterocycles. The summed E-state index contributed by atoms with van der Waals surface area (Å²) in [5, 5.41) is 12.7. The van der Waals surface area contributed by atoms with Gasteiger partial charge in [0.05, 0.1) is 5.69 Å². The number of nitrogens with zero attached hydrogens (tertiary/aromatic N) is 2. The quantitative estimate of drug-likeness (QED) is 0.833. The van der Waals surface area contributed by atoms with Crippen LogP contribution in [0.4, 0.5) is 5.69 Å². The molecule has 0 aliphatic rings. The first-order valence-corrected chi connectivity index (χ1v) is 5.27. The number of aromatic carboxylic acids is 1. The van der Waals surface area contributed by atoms with Crippen LogP contribution in [0.15, 0.2) is 36.5 Å². The second-order valence-corrected chi connectivity index (χ2v) is 3.74. The number of anilines is 1. The van der Waals surface area contributed by atoms with Gasteiger partial charge in [-0.25, -0.2) is 4.79 Å². The number of nitrogen functional groups attached to an aromatic ring is 1. The zero-order chi connectivity index (χ0) is 12.3. The average Bonchev–Trinajstić information content (AvgIpc) is 2.69. The van der Waals surface area contributed by atoms with Crippen LogP contribution in [0.2, 0.25) is 0 Å². The van der Waals surface area contributed by atoms with Gasteiger partial charge in [0, 0.05) is 12.7 Å². The fourth-order valence-corrected chi connectivity index (χ4v) is 1.61. The third-order valence-corrected chi connectivity index (χ3v) is 2.46. The maximum Gasteiger partial charge on any atom is 0.358 e. The van der Waals surface area contributed by atoms with E-state index in [1.807, 2.05) is 30.3 Å². The first-order valence-electron chi connectivity index (χ1n) is 5.27. The van der Waals surface area contributed by atoms with Crippen molar-refractivity contribution in [3.63, 3.8) is 0 Å². The fourth-order valence-electron chi connectivity index (χ4n) is 1.61. The van der Waals surface area contributed by atoms with Crippen LogP contribution < -0.4 is 5.73 Å². The van der Waals surface area contributed by atoms with E-state index in [0.717, 1.165) is 6.42 Å². The topological polar surface area (TPSA) is 81.1 Å². The average molecular weight is 231 g/mol. The lowest BCUT2D eigenvalue weighted by atomic mass is 10.1. The maximum atomic E-state index is 10.8. The van der Waals surface area contributed by atoms with Gasteiger partial charge in [0.1, 0.15) is 0 Å². The molecule has 1 aromatic heterocycles. The third-order valence-electron chi connectivity index (χ3n) is 2.46. The van der Waals surface area contributed by atoms with Crippen LogP contribution in [0.5, 0.6) is 0 Å². The van der Waals surface area contributed by atoms with Crippen LogP contribution in [0.1, 0.15) is 16.1 Å². The summed E-state index contributed by atoms with van der Waals surface area (Å²) in [6.45, 7) is 0.613. The summed E-state index contributed by atoms with van der Waals surface area (Å²) in [6, 6.07) is 9.93. The van der Waals surface area contributed by atoms with E-state index >= 15 is 0 Å². The van der Waals surface area contributed by atoms with Gasteiger partial charge in [-0.3, -0.25) is 4.68 Å². The van der Waals surface area contributed by atoms with Gasteiger partial charge in [-0.2, -0.15) is 5.10 Å². The second-order valence-electron chi connectivity index (χ2n) is 3.74. The molecule has 0 atom stereocenters. The van der Waals surface area contributed by atoms with Crippen molar-refractivity contribution in [3.05, 3.63) is 47.8 Å². The molecule has 0 unspecified atom stereocenters. The van der Waals surface area contributed by atoms with Crippen LogP contribution in [0.3, 0.4) is 0 Å². The Labute approximate surface area is 98.5 Å². The summed E-state index contributed by atoms with van der Waals surface area (Å²) in [6.07, 6.45) is 2.34. The third kappa shape index (κ3) is 2.63. The van der Waals surface area contributed by atoms with Crippen LogP contribution in [-0.2, 0) is 13.0 Å². The first-order chi connectivity index (χ1) is 8.16. The highest BCUT2D eigenvalue weighted by Gasteiger charge is 2.12. The minimum atomic E-state index is -1.10. The Morgan fingerprint density at radius 3 is 2.65 bits per heavy atom. The molecule has 0 bridgehead atoms. The highest BCUT2D eigenvalue weighted by molar-refractivity contribution is 5.91. The Morgan fingerprint density at radius 2 is 2.06 bits per heavy atom. The fraction of sp³-hybridized carbons (Fsp3) is 0.167. The van der Waals surface area contributed by atoms with Crippen molar-refractivity contribution >= 4 is 11.7 Å². The number of aryl methyl sites for hydroxylation is 2. The Bertz CT molecular complexity index is 520. The molecule has 0 radical (unpaired) electrons. The van der Waals surface area contributed by atoms with E-state index in [-0.39, 0.29) is 11.4 Å². The number of carboxylic acid groups (broad SMARTS) is 1. The number of hydrogen-bond acceptors (Lipinski definition) is 3. The Kier molecular flexibility index (Phi) is 3.09. The first kappa shape index (κ1) is 11.2. The number of hydrogen-bond donors (Lipinski definition) is 2. The summed E-state index contributed by atoms with van der Waals surface area (Å²) in [7, 11) is 0. The molecule has 1 heterocycles. The van der Waals surface area contributed by atoms with Gasteiger partial charge in [-0.1, -0.05) is 30.3 Å². The van der Waals surface area contributed by atoms with Gasteiger partial charge in [0.25, 0.3) is 0 Å². The van der Waals surface area contributed by atoms with E-state index < -0.39 is 5.97 Å². The molecule has 0 amide bonds. The van der Waals surface area contributed by atoms with E-state index in [9.17, 15) is 4.79 Å². The summed E-state index contributed by atoms with van der Waals surface area (Å²) in [4.78, 5) is 10.8. The van der Waals surface area contributed by atoms with Crippen molar-refractivity contribution in [1.29, 1.82) is 0 Å². The lowest BCUT2D eigenvalue weighted by Crippen LogP contribution is -2.05. The number of nitrogens with two attached hydrogens (primary N) is 1. The maximum absolute atomic E-state index is 10.8. The molecule has 1 aromatic carbocycles. The van der Waals surface area contributed by atoms with Crippen molar-refractivity contribution in [1.82, 2.24) is 9.78 Å². The monoisotopic (exact) mass is 231 g/mol. The smallest absolute Gasteiger partial charge is 0.358 e. The summed E-state index contributed by atoms with van der Waals surface area (Å²) in [5.41, 5.74) is 6.84. The van der Waals surface area contributed by atoms with E-state index in [1.165, 1.54) is 5.56 Å². The lowest BCUT2D eigenvalue weighted by molar-refractivity contribution is 0.0690. The Morgan fingerprint density at radius 1 is 1.35 bits per heavy atom. The van der Waals surface area contributed by atoms with Crippen molar-refractivity contribution < 1.29 is 9.90 Å². The number of aromatic nitrogens is 2. The summed E-state index contributed by atoms with van der Waals surface area (Å²) < 4.78 is 1.56. The van der Waals surface area contributed by atoms with Gasteiger partial charge in [-0.05, 0) is 12.0 Å². The SMILES string of the molecule is Nc1cn(CCc2ccccc2)nc1C(=O)O. The minimum Gasteiger partial charge on any atom is -0.476 e. The van der Waals surface area contributed by atoms with Crippen molar-refractivity contribution in [2.75, 3.05) is 5.73 Å². The summed E-state index contributed by atoms with van der Waals surface area (Å²) >= 11 is 0. The molecule has 2 aromatic rings. The van der Waals surface area contributed by atoms with Gasteiger partial charge < -0.3 is 10.8 Å². The predicted molar refractivity (Wildman–Crippen MR) is 63.7 cm³/mol. The van der Waals surface area contributed by atoms with Crippen molar-refractivity contribution in [2.24, 2.45) is 0 Å². The van der Waals surface area contributed by atoms with Crippen LogP contribution in [0.25, 0.3) is 0 Å². The minimum absolute atomic E-state index is 0.0851. The Balaban J connectivity index is 2.05. The molecule has 17 heavy (non-hydrogen) atoms. The normalized spacial score (nSPS) is 10.4. The molecule has 5 heteroatoms. The molecule has 0 fully saturated rings. The highest BCUT2D eigenvalue weighted by Crippen LogP contribution is 2.09. The molecule has 2 rings (SSSR count). The standard InChI is InChI=1S/C12H13N3O2/c13-10-8-15(14-11(10)12(16)17)7-6-9-4-2-1-3-5-9/h1-5,8H,6-7,13H2,(H,16,17). The molecule has 5 nitrogen and oxygen atoms in total. The van der Waals surface area contributed by atoms with Gasteiger partial charge in [0.2, 0.25) is 0 Å². The molecular weight excluding hydrogens is 218 g/mol. The number of carbonyl (C=O) groups is 1. The number of rotatable bonds is 4. The predicted octanol–water partition coefficient (Wildman–Crippen LogP) is 1.41. The van der Waals surface area contributed by atoms with Crippen molar-refractivity contribution in [3.8, 4) is 0 Å². The zero-order valence-corrected chi connectivity index (χ0v) is 9.21. The highest BCUT2D eigenvalue weighted by atomic mass is 16.4. The largest absolute Gasteiger partial charge is 0.476 e. The molecule has 0 spiro atoms. The zero-order valence-electron chi connectivity index (χ0n) is 9.21. The Hall–Kier alpha value is -2.30. The molecule has 0 saturated carbocycles. The lowest BCUT2D eigenvalue weighted by Gasteiger charge is -2.01.